The van der Waals surface area contributed by atoms with Gasteiger partial charge in [0, 0.05) is 38.5 Å². The average Bonchev–Trinajstić information content (AvgIpc) is 3.25. The second-order valence-electron chi connectivity index (χ2n) is 9.45. The van der Waals surface area contributed by atoms with Crippen LogP contribution in [-0.4, -0.2) is 62.2 Å². The van der Waals surface area contributed by atoms with Gasteiger partial charge in [-0.3, -0.25) is 19.4 Å². The lowest BCUT2D eigenvalue weighted by molar-refractivity contribution is -0.129. The van der Waals surface area contributed by atoms with Crippen molar-refractivity contribution in [3.63, 3.8) is 0 Å². The molecule has 0 fully saturated rings. The number of rotatable bonds is 10. The predicted octanol–water partition coefficient (Wildman–Crippen LogP) is 4.78. The number of fused-ring (bicyclic) bond motifs is 1. The Morgan fingerprint density at radius 1 is 0.925 bits per heavy atom. The molecule has 208 valence electrons. The van der Waals surface area contributed by atoms with Crippen LogP contribution in [0.4, 0.5) is 17.1 Å². The van der Waals surface area contributed by atoms with Gasteiger partial charge in [-0.2, -0.15) is 0 Å². The van der Waals surface area contributed by atoms with Crippen molar-refractivity contribution in [2.75, 3.05) is 44.1 Å². The topological polar surface area (TPSA) is 101 Å². The molecule has 3 aromatic rings. The van der Waals surface area contributed by atoms with Crippen LogP contribution in [0.15, 0.2) is 71.7 Å². The first kappa shape index (κ1) is 28.4. The maximum absolute atomic E-state index is 13.4. The highest BCUT2D eigenvalue weighted by Gasteiger charge is 2.37. The number of carbonyl (C=O) groups is 3. The van der Waals surface area contributed by atoms with Crippen LogP contribution in [0.25, 0.3) is 0 Å². The smallest absolute Gasteiger partial charge is 0.242 e. The van der Waals surface area contributed by atoms with Crippen LogP contribution in [0, 0.1) is 0 Å². The standard InChI is InChI=1S/C31H34N4O5/c1-6-39-26-17-24-25(18-27(26)40-7-2)33-31(38)29(24)30(21-11-9-8-10-12-21)32-22-13-15-23(16-14-22)35(20(3)36)19-28(37)34(4)5/h8-18,29H,6-7,19H2,1-5H3,(H,33,38). The first-order valence-corrected chi connectivity index (χ1v) is 13.2. The quantitative estimate of drug-likeness (QED) is 0.372. The van der Waals surface area contributed by atoms with E-state index < -0.39 is 5.92 Å². The molecule has 1 aliphatic rings. The number of nitrogens with zero attached hydrogens (tertiary/aromatic N) is 3. The summed E-state index contributed by atoms with van der Waals surface area (Å²) < 4.78 is 11.6. The number of likely N-dealkylation sites (N-methyl/N-ethyl adjacent to an activating group) is 1. The minimum atomic E-state index is -0.682. The fraction of sp³-hybridized carbons (Fsp3) is 0.290. The van der Waals surface area contributed by atoms with Gasteiger partial charge in [-0.1, -0.05) is 30.3 Å². The molecule has 0 saturated carbocycles. The van der Waals surface area contributed by atoms with Crippen molar-refractivity contribution in [1.29, 1.82) is 0 Å². The van der Waals surface area contributed by atoms with E-state index in [1.54, 1.807) is 44.4 Å². The monoisotopic (exact) mass is 542 g/mol. The van der Waals surface area contributed by atoms with Crippen LogP contribution in [0.2, 0.25) is 0 Å². The van der Waals surface area contributed by atoms with Gasteiger partial charge in [0.1, 0.15) is 12.5 Å². The van der Waals surface area contributed by atoms with Crippen LogP contribution < -0.4 is 19.7 Å². The number of anilines is 2. The molecule has 0 bridgehead atoms. The molecule has 9 nitrogen and oxygen atoms in total. The van der Waals surface area contributed by atoms with Crippen molar-refractivity contribution in [1.82, 2.24) is 4.90 Å². The molecule has 0 saturated heterocycles. The van der Waals surface area contributed by atoms with Gasteiger partial charge < -0.3 is 24.6 Å². The zero-order chi connectivity index (χ0) is 28.8. The molecule has 3 aromatic carbocycles. The lowest BCUT2D eigenvalue weighted by atomic mass is 9.90. The Kier molecular flexibility index (Phi) is 8.83. The Hall–Kier alpha value is -4.66. The number of ether oxygens (including phenoxy) is 2. The van der Waals surface area contributed by atoms with E-state index in [-0.39, 0.29) is 24.3 Å². The largest absolute Gasteiger partial charge is 0.490 e. The Morgan fingerprint density at radius 2 is 1.55 bits per heavy atom. The Labute approximate surface area is 234 Å². The third kappa shape index (κ3) is 6.14. The van der Waals surface area contributed by atoms with E-state index in [4.69, 9.17) is 14.5 Å². The van der Waals surface area contributed by atoms with Gasteiger partial charge in [-0.05, 0) is 55.3 Å². The fourth-order valence-corrected chi connectivity index (χ4v) is 4.49. The number of aliphatic imine (C=N–C) groups is 1. The maximum Gasteiger partial charge on any atom is 0.242 e. The summed E-state index contributed by atoms with van der Waals surface area (Å²) in [6.45, 7) is 6.07. The summed E-state index contributed by atoms with van der Waals surface area (Å²) in [5, 5.41) is 2.98. The minimum Gasteiger partial charge on any atom is -0.490 e. The van der Waals surface area contributed by atoms with Gasteiger partial charge >= 0.3 is 0 Å². The molecule has 0 spiro atoms. The fourth-order valence-electron chi connectivity index (χ4n) is 4.49. The van der Waals surface area contributed by atoms with Crippen molar-refractivity contribution in [2.24, 2.45) is 4.99 Å². The van der Waals surface area contributed by atoms with Crippen LogP contribution in [-0.2, 0) is 14.4 Å². The maximum atomic E-state index is 13.4. The number of hydrogen-bond acceptors (Lipinski definition) is 6. The molecule has 1 unspecified atom stereocenters. The average molecular weight is 543 g/mol. The highest BCUT2D eigenvalue weighted by molar-refractivity contribution is 6.24. The number of benzene rings is 3. The van der Waals surface area contributed by atoms with E-state index in [0.717, 1.165) is 11.1 Å². The molecule has 1 heterocycles. The molecular formula is C31H34N4O5. The van der Waals surface area contributed by atoms with Gasteiger partial charge in [-0.15, -0.1) is 0 Å². The third-order valence-electron chi connectivity index (χ3n) is 6.47. The molecule has 1 aliphatic heterocycles. The van der Waals surface area contributed by atoms with Gasteiger partial charge in [0.25, 0.3) is 0 Å². The molecule has 1 N–H and O–H groups in total. The van der Waals surface area contributed by atoms with Gasteiger partial charge in [0.15, 0.2) is 11.5 Å². The second-order valence-corrected chi connectivity index (χ2v) is 9.45. The van der Waals surface area contributed by atoms with Crippen molar-refractivity contribution >= 4 is 40.5 Å². The number of nitrogens with one attached hydrogen (secondary N) is 1. The number of amides is 3. The van der Waals surface area contributed by atoms with Crippen molar-refractivity contribution in [3.05, 3.63) is 77.9 Å². The summed E-state index contributed by atoms with van der Waals surface area (Å²) in [6.07, 6.45) is 0. The molecule has 4 rings (SSSR count). The molecule has 40 heavy (non-hydrogen) atoms. The Morgan fingerprint density at radius 3 is 2.12 bits per heavy atom. The SMILES string of the molecule is CCOc1cc2c(cc1OCC)C(C(=Nc1ccc(N(CC(=O)N(C)C)C(C)=O)cc1)c1ccccc1)C(=O)N2. The van der Waals surface area contributed by atoms with E-state index in [0.29, 0.717) is 47.5 Å². The molecule has 0 aromatic heterocycles. The molecule has 3 amide bonds. The lowest BCUT2D eigenvalue weighted by Gasteiger charge is -2.22. The summed E-state index contributed by atoms with van der Waals surface area (Å²) >= 11 is 0. The predicted molar refractivity (Wildman–Crippen MR) is 156 cm³/mol. The first-order chi connectivity index (χ1) is 19.2. The van der Waals surface area contributed by atoms with E-state index in [1.807, 2.05) is 50.2 Å². The van der Waals surface area contributed by atoms with Gasteiger partial charge in [-0.25, -0.2) is 0 Å². The van der Waals surface area contributed by atoms with Crippen LogP contribution >= 0.6 is 0 Å². The van der Waals surface area contributed by atoms with Crippen molar-refractivity contribution in [3.8, 4) is 11.5 Å². The summed E-state index contributed by atoms with van der Waals surface area (Å²) in [7, 11) is 3.30. The normalized spacial score (nSPS) is 14.3. The summed E-state index contributed by atoms with van der Waals surface area (Å²) in [6, 6.07) is 20.2. The zero-order valence-electron chi connectivity index (χ0n) is 23.4. The Balaban J connectivity index is 1.76. The van der Waals surface area contributed by atoms with E-state index in [1.165, 1.54) is 16.7 Å². The van der Waals surface area contributed by atoms with Crippen LogP contribution in [0.3, 0.4) is 0 Å². The van der Waals surface area contributed by atoms with E-state index in [2.05, 4.69) is 5.32 Å². The minimum absolute atomic E-state index is 0.0643. The summed E-state index contributed by atoms with van der Waals surface area (Å²) in [4.78, 5) is 45.7. The first-order valence-electron chi connectivity index (χ1n) is 13.2. The van der Waals surface area contributed by atoms with Crippen molar-refractivity contribution < 1.29 is 23.9 Å². The molecule has 0 aliphatic carbocycles. The summed E-state index contributed by atoms with van der Waals surface area (Å²) in [5.41, 5.74) is 3.96. The van der Waals surface area contributed by atoms with Crippen molar-refractivity contribution in [2.45, 2.75) is 26.7 Å². The Bertz CT molecular complexity index is 1420. The zero-order valence-corrected chi connectivity index (χ0v) is 23.4. The number of carbonyl (C=O) groups excluding carboxylic acids is 3. The highest BCUT2D eigenvalue weighted by atomic mass is 16.5. The summed E-state index contributed by atoms with van der Waals surface area (Å²) in [5.74, 6) is -0.173. The van der Waals surface area contributed by atoms with Gasteiger partial charge in [0.05, 0.1) is 24.6 Å². The lowest BCUT2D eigenvalue weighted by Crippen LogP contribution is -2.39. The highest BCUT2D eigenvalue weighted by Crippen LogP contribution is 2.43. The van der Waals surface area contributed by atoms with Crippen LogP contribution in [0.5, 0.6) is 11.5 Å². The third-order valence-corrected chi connectivity index (χ3v) is 6.47. The molecule has 9 heteroatoms. The van der Waals surface area contributed by atoms with Gasteiger partial charge in [0.2, 0.25) is 17.7 Å². The van der Waals surface area contributed by atoms with E-state index >= 15 is 0 Å². The van der Waals surface area contributed by atoms with E-state index in [9.17, 15) is 14.4 Å². The molecule has 1 atom stereocenters. The van der Waals surface area contributed by atoms with Crippen LogP contribution in [0.1, 0.15) is 37.8 Å². The molecule has 0 radical (unpaired) electrons. The second kappa shape index (κ2) is 12.5. The number of hydrogen-bond donors (Lipinski definition) is 1. The molecular weight excluding hydrogens is 508 g/mol.